The molecular formula is C17H24N2O. The molecule has 1 heterocycles. The van der Waals surface area contributed by atoms with E-state index in [4.69, 9.17) is 5.73 Å². The highest BCUT2D eigenvalue weighted by Gasteiger charge is 2.46. The Morgan fingerprint density at radius 1 is 1.40 bits per heavy atom. The molecule has 3 heteroatoms. The van der Waals surface area contributed by atoms with Crippen molar-refractivity contribution in [2.45, 2.75) is 52.0 Å². The van der Waals surface area contributed by atoms with Gasteiger partial charge in [0.05, 0.1) is 5.41 Å². The summed E-state index contributed by atoms with van der Waals surface area (Å²) in [4.78, 5) is 15.1. The van der Waals surface area contributed by atoms with Crippen LogP contribution in [-0.2, 0) is 11.2 Å². The number of hydrogen-bond acceptors (Lipinski definition) is 2. The second kappa shape index (κ2) is 4.88. The number of amides is 1. The number of rotatable bonds is 1. The Bertz CT molecular complexity index is 540. The number of fused-ring (bicyclic) bond motifs is 1. The number of para-hydroxylation sites is 1. The van der Waals surface area contributed by atoms with Crippen LogP contribution in [0, 0.1) is 12.3 Å². The third-order valence-corrected chi connectivity index (χ3v) is 5.18. The summed E-state index contributed by atoms with van der Waals surface area (Å²) in [6, 6.07) is 6.34. The molecule has 0 bridgehead atoms. The summed E-state index contributed by atoms with van der Waals surface area (Å²) in [7, 11) is 0. The van der Waals surface area contributed by atoms with Gasteiger partial charge in [-0.3, -0.25) is 4.79 Å². The maximum Gasteiger partial charge on any atom is 0.234 e. The predicted octanol–water partition coefficient (Wildman–Crippen LogP) is 2.79. The number of carbonyl (C=O) groups is 1. The molecule has 2 N–H and O–H groups in total. The molecule has 1 aromatic rings. The molecule has 20 heavy (non-hydrogen) atoms. The summed E-state index contributed by atoms with van der Waals surface area (Å²) in [5.74, 6) is 0.234. The molecule has 2 aliphatic rings. The summed E-state index contributed by atoms with van der Waals surface area (Å²) >= 11 is 0. The van der Waals surface area contributed by atoms with E-state index in [2.05, 4.69) is 32.0 Å². The van der Waals surface area contributed by atoms with Crippen LogP contribution in [0.3, 0.4) is 0 Å². The van der Waals surface area contributed by atoms with Crippen molar-refractivity contribution in [1.29, 1.82) is 0 Å². The fourth-order valence-corrected chi connectivity index (χ4v) is 3.82. The number of nitrogens with zero attached hydrogens (tertiary/aromatic N) is 1. The van der Waals surface area contributed by atoms with Gasteiger partial charge in [-0.15, -0.1) is 0 Å². The molecule has 0 radical (unpaired) electrons. The summed E-state index contributed by atoms with van der Waals surface area (Å²) in [5, 5.41) is 0. The molecular weight excluding hydrogens is 248 g/mol. The van der Waals surface area contributed by atoms with Gasteiger partial charge in [-0.2, -0.15) is 0 Å². The van der Waals surface area contributed by atoms with Crippen LogP contribution < -0.4 is 10.6 Å². The van der Waals surface area contributed by atoms with E-state index in [0.717, 1.165) is 44.3 Å². The van der Waals surface area contributed by atoms with E-state index < -0.39 is 0 Å². The van der Waals surface area contributed by atoms with Crippen LogP contribution in [0.4, 0.5) is 5.69 Å². The Labute approximate surface area is 121 Å². The van der Waals surface area contributed by atoms with Crippen LogP contribution in [0.2, 0.25) is 0 Å². The van der Waals surface area contributed by atoms with Crippen LogP contribution in [0.1, 0.15) is 43.7 Å². The van der Waals surface area contributed by atoms with Crippen molar-refractivity contribution in [3.05, 3.63) is 29.3 Å². The number of hydrogen-bond donors (Lipinski definition) is 1. The summed E-state index contributed by atoms with van der Waals surface area (Å²) in [6.07, 6.45) is 5.08. The van der Waals surface area contributed by atoms with E-state index in [9.17, 15) is 4.79 Å². The van der Waals surface area contributed by atoms with E-state index in [-0.39, 0.29) is 17.4 Å². The minimum Gasteiger partial charge on any atom is -0.327 e. The lowest BCUT2D eigenvalue weighted by Gasteiger charge is -2.38. The molecule has 1 amide bonds. The van der Waals surface area contributed by atoms with Crippen LogP contribution >= 0.6 is 0 Å². The fraction of sp³-hybridized carbons (Fsp3) is 0.588. The lowest BCUT2D eigenvalue weighted by Crippen LogP contribution is -2.51. The Morgan fingerprint density at radius 3 is 2.90 bits per heavy atom. The zero-order chi connectivity index (χ0) is 14.3. The van der Waals surface area contributed by atoms with Gasteiger partial charge < -0.3 is 10.6 Å². The topological polar surface area (TPSA) is 46.3 Å². The third-order valence-electron chi connectivity index (χ3n) is 5.18. The molecule has 1 saturated carbocycles. The Balaban J connectivity index is 1.99. The van der Waals surface area contributed by atoms with Crippen molar-refractivity contribution in [2.24, 2.45) is 11.1 Å². The highest BCUT2D eigenvalue weighted by molar-refractivity contribution is 5.99. The molecule has 0 saturated heterocycles. The lowest BCUT2D eigenvalue weighted by molar-refractivity contribution is -0.127. The van der Waals surface area contributed by atoms with Gasteiger partial charge >= 0.3 is 0 Å². The van der Waals surface area contributed by atoms with Gasteiger partial charge in [-0.25, -0.2) is 0 Å². The first-order valence-corrected chi connectivity index (χ1v) is 7.70. The molecule has 2 unspecified atom stereocenters. The van der Waals surface area contributed by atoms with Crippen molar-refractivity contribution in [2.75, 3.05) is 11.4 Å². The van der Waals surface area contributed by atoms with Gasteiger partial charge in [0, 0.05) is 18.3 Å². The predicted molar refractivity (Wildman–Crippen MR) is 81.8 cm³/mol. The molecule has 0 spiro atoms. The first-order valence-electron chi connectivity index (χ1n) is 7.70. The monoisotopic (exact) mass is 272 g/mol. The summed E-state index contributed by atoms with van der Waals surface area (Å²) in [6.45, 7) is 4.99. The van der Waals surface area contributed by atoms with Gasteiger partial charge in [0.2, 0.25) is 5.91 Å². The Kier molecular flexibility index (Phi) is 3.33. The van der Waals surface area contributed by atoms with Gasteiger partial charge in [-0.1, -0.05) is 24.6 Å². The maximum atomic E-state index is 13.1. The van der Waals surface area contributed by atoms with E-state index in [1.165, 1.54) is 11.1 Å². The average Bonchev–Trinajstić information content (AvgIpc) is 2.79. The molecule has 1 aliphatic heterocycles. The van der Waals surface area contributed by atoms with E-state index >= 15 is 0 Å². The van der Waals surface area contributed by atoms with Gasteiger partial charge in [0.25, 0.3) is 0 Å². The lowest BCUT2D eigenvalue weighted by atomic mass is 9.82. The standard InChI is InChI=1S/C17H24N2O/c1-12-6-3-7-13-8-5-11-19(15(12)13)16(20)17(2)10-4-9-14(17)18/h3,6-7,14H,4-5,8-11,18H2,1-2H3. The summed E-state index contributed by atoms with van der Waals surface area (Å²) < 4.78 is 0. The van der Waals surface area contributed by atoms with Crippen molar-refractivity contribution in [3.8, 4) is 0 Å². The molecule has 1 fully saturated rings. The maximum absolute atomic E-state index is 13.1. The van der Waals surface area contributed by atoms with Gasteiger partial charge in [-0.05, 0) is 50.7 Å². The smallest absolute Gasteiger partial charge is 0.234 e. The number of nitrogens with two attached hydrogens (primary N) is 1. The zero-order valence-corrected chi connectivity index (χ0v) is 12.5. The van der Waals surface area contributed by atoms with Crippen molar-refractivity contribution >= 4 is 11.6 Å². The number of anilines is 1. The third kappa shape index (κ3) is 1.96. The van der Waals surface area contributed by atoms with Crippen LogP contribution in [0.15, 0.2) is 18.2 Å². The molecule has 1 aliphatic carbocycles. The minimum atomic E-state index is -0.378. The first kappa shape index (κ1) is 13.6. The van der Waals surface area contributed by atoms with Gasteiger partial charge in [0.1, 0.15) is 0 Å². The van der Waals surface area contributed by atoms with Crippen LogP contribution in [-0.4, -0.2) is 18.5 Å². The zero-order valence-electron chi connectivity index (χ0n) is 12.5. The van der Waals surface area contributed by atoms with Crippen LogP contribution in [0.5, 0.6) is 0 Å². The van der Waals surface area contributed by atoms with E-state index in [0.29, 0.717) is 0 Å². The fourth-order valence-electron chi connectivity index (χ4n) is 3.82. The normalized spacial score (nSPS) is 29.4. The molecule has 0 aromatic heterocycles. The Hall–Kier alpha value is -1.35. The quantitative estimate of drug-likeness (QED) is 0.854. The molecule has 2 atom stereocenters. The molecule has 3 rings (SSSR count). The van der Waals surface area contributed by atoms with Crippen molar-refractivity contribution in [1.82, 2.24) is 0 Å². The second-order valence-corrected chi connectivity index (χ2v) is 6.56. The van der Waals surface area contributed by atoms with Crippen LogP contribution in [0.25, 0.3) is 0 Å². The highest BCUT2D eigenvalue weighted by Crippen LogP contribution is 2.41. The molecule has 108 valence electrons. The number of carbonyl (C=O) groups excluding carboxylic acids is 1. The average molecular weight is 272 g/mol. The first-order chi connectivity index (χ1) is 9.54. The Morgan fingerprint density at radius 2 is 2.20 bits per heavy atom. The largest absolute Gasteiger partial charge is 0.327 e. The SMILES string of the molecule is Cc1cccc2c1N(C(=O)C1(C)CCCC1N)CCC2. The van der Waals surface area contributed by atoms with Gasteiger partial charge in [0.15, 0.2) is 0 Å². The molecule has 3 nitrogen and oxygen atoms in total. The second-order valence-electron chi connectivity index (χ2n) is 6.56. The summed E-state index contributed by atoms with van der Waals surface area (Å²) in [5.41, 5.74) is 9.50. The number of aryl methyl sites for hydroxylation is 2. The highest BCUT2D eigenvalue weighted by atomic mass is 16.2. The van der Waals surface area contributed by atoms with E-state index in [1.54, 1.807) is 0 Å². The number of benzene rings is 1. The minimum absolute atomic E-state index is 0.00407. The van der Waals surface area contributed by atoms with Crippen molar-refractivity contribution < 1.29 is 4.79 Å². The van der Waals surface area contributed by atoms with Crippen molar-refractivity contribution in [3.63, 3.8) is 0 Å². The molecule has 1 aromatic carbocycles. The van der Waals surface area contributed by atoms with E-state index in [1.807, 2.05) is 4.90 Å².